The van der Waals surface area contributed by atoms with Crippen molar-refractivity contribution in [2.45, 2.75) is 26.3 Å². The summed E-state index contributed by atoms with van der Waals surface area (Å²) in [4.78, 5) is 13.8. The molecule has 0 aromatic carbocycles. The third kappa shape index (κ3) is 1.93. The van der Waals surface area contributed by atoms with Gasteiger partial charge in [0.15, 0.2) is 0 Å². The van der Waals surface area contributed by atoms with E-state index in [4.69, 9.17) is 0 Å². The topological polar surface area (TPSA) is 29.0 Å². The third-order valence-corrected chi connectivity index (χ3v) is 5.37. The monoisotopic (exact) mass is 325 g/mol. The number of aryl methyl sites for hydroxylation is 1. The molecule has 0 amide bonds. The maximum atomic E-state index is 4.54. The van der Waals surface area contributed by atoms with Crippen molar-refractivity contribution in [2.75, 3.05) is 16.8 Å². The van der Waals surface area contributed by atoms with E-state index in [1.807, 2.05) is 0 Å². The van der Waals surface area contributed by atoms with Crippen LogP contribution >= 0.6 is 27.3 Å². The molecular weight excluding hydrogens is 310 g/mol. The molecular formula is C13H16BrN3S. The normalized spacial score (nSPS) is 24.1. The Kier molecular flexibility index (Phi) is 3.28. The Bertz CT molecular complexity index is 568. The van der Waals surface area contributed by atoms with Crippen LogP contribution in [0.15, 0.2) is 12.4 Å². The summed E-state index contributed by atoms with van der Waals surface area (Å²) in [5.41, 5.74) is 0. The highest BCUT2D eigenvalue weighted by Gasteiger charge is 2.32. The first-order chi connectivity index (χ1) is 8.70. The van der Waals surface area contributed by atoms with Gasteiger partial charge in [0.2, 0.25) is 0 Å². The molecule has 1 saturated heterocycles. The Balaban J connectivity index is 2.08. The second kappa shape index (κ2) is 4.78. The van der Waals surface area contributed by atoms with E-state index in [0.717, 1.165) is 22.5 Å². The standard InChI is InChI=1S/C13H16BrN3S/c1-8-3-4-17(11(8)6-14)12-10-5-9(2)18-13(10)16-7-15-12/h5,7-8,11H,3-4,6H2,1-2H3. The lowest BCUT2D eigenvalue weighted by molar-refractivity contribution is 0.553. The summed E-state index contributed by atoms with van der Waals surface area (Å²) >= 11 is 5.39. The summed E-state index contributed by atoms with van der Waals surface area (Å²) in [5.74, 6) is 1.83. The minimum absolute atomic E-state index is 0.545. The molecule has 1 aliphatic heterocycles. The molecule has 18 heavy (non-hydrogen) atoms. The first-order valence-electron chi connectivity index (χ1n) is 6.24. The van der Waals surface area contributed by atoms with Crippen LogP contribution < -0.4 is 4.90 Å². The van der Waals surface area contributed by atoms with E-state index in [2.05, 4.69) is 50.7 Å². The van der Waals surface area contributed by atoms with Crippen LogP contribution in [0.4, 0.5) is 5.82 Å². The largest absolute Gasteiger partial charge is 0.352 e. The minimum Gasteiger partial charge on any atom is -0.352 e. The van der Waals surface area contributed by atoms with E-state index in [1.165, 1.54) is 16.7 Å². The summed E-state index contributed by atoms with van der Waals surface area (Å²) in [6.07, 6.45) is 2.94. The molecule has 96 valence electrons. The molecule has 3 heterocycles. The van der Waals surface area contributed by atoms with Crippen LogP contribution in [0.3, 0.4) is 0 Å². The van der Waals surface area contributed by atoms with E-state index in [-0.39, 0.29) is 0 Å². The molecule has 2 aromatic rings. The van der Waals surface area contributed by atoms with Crippen molar-refractivity contribution in [3.8, 4) is 0 Å². The number of thiophene rings is 1. The summed E-state index contributed by atoms with van der Waals surface area (Å²) in [5, 5.41) is 2.21. The fraction of sp³-hybridized carbons (Fsp3) is 0.538. The quantitative estimate of drug-likeness (QED) is 0.790. The van der Waals surface area contributed by atoms with E-state index >= 15 is 0 Å². The van der Waals surface area contributed by atoms with E-state index in [1.54, 1.807) is 17.7 Å². The van der Waals surface area contributed by atoms with Crippen molar-refractivity contribution < 1.29 is 0 Å². The highest BCUT2D eigenvalue weighted by Crippen LogP contribution is 2.35. The van der Waals surface area contributed by atoms with E-state index < -0.39 is 0 Å². The molecule has 1 aliphatic rings. The molecule has 0 N–H and O–H groups in total. The summed E-state index contributed by atoms with van der Waals surface area (Å²) in [7, 11) is 0. The Morgan fingerprint density at radius 3 is 3.11 bits per heavy atom. The molecule has 1 fully saturated rings. The number of anilines is 1. The second-order valence-electron chi connectivity index (χ2n) is 4.95. The van der Waals surface area contributed by atoms with Crippen molar-refractivity contribution in [1.29, 1.82) is 0 Å². The van der Waals surface area contributed by atoms with Gasteiger partial charge in [0, 0.05) is 22.8 Å². The molecule has 0 saturated carbocycles. The number of aromatic nitrogens is 2. The lowest BCUT2D eigenvalue weighted by Gasteiger charge is -2.26. The Morgan fingerprint density at radius 1 is 1.50 bits per heavy atom. The molecule has 2 unspecified atom stereocenters. The minimum atomic E-state index is 0.545. The summed E-state index contributed by atoms with van der Waals surface area (Å²) in [6, 6.07) is 2.76. The number of hydrogen-bond acceptors (Lipinski definition) is 4. The van der Waals surface area contributed by atoms with Gasteiger partial charge in [0.05, 0.1) is 5.39 Å². The van der Waals surface area contributed by atoms with Crippen LogP contribution in [-0.4, -0.2) is 27.9 Å². The Labute approximate surface area is 119 Å². The summed E-state index contributed by atoms with van der Waals surface area (Å²) in [6.45, 7) is 5.55. The van der Waals surface area contributed by atoms with Gasteiger partial charge in [-0.3, -0.25) is 0 Å². The number of halogens is 1. The molecule has 0 bridgehead atoms. The zero-order valence-corrected chi connectivity index (χ0v) is 13.0. The number of rotatable bonds is 2. The maximum Gasteiger partial charge on any atom is 0.141 e. The van der Waals surface area contributed by atoms with Gasteiger partial charge in [-0.15, -0.1) is 11.3 Å². The highest BCUT2D eigenvalue weighted by molar-refractivity contribution is 9.09. The number of hydrogen-bond donors (Lipinski definition) is 0. The second-order valence-corrected chi connectivity index (χ2v) is 6.84. The smallest absolute Gasteiger partial charge is 0.141 e. The third-order valence-electron chi connectivity index (χ3n) is 3.74. The van der Waals surface area contributed by atoms with Gasteiger partial charge < -0.3 is 4.90 Å². The maximum absolute atomic E-state index is 4.54. The molecule has 3 nitrogen and oxygen atoms in total. The lowest BCUT2D eigenvalue weighted by atomic mass is 10.1. The predicted octanol–water partition coefficient (Wildman–Crippen LogP) is 3.61. The average molecular weight is 326 g/mol. The van der Waals surface area contributed by atoms with Gasteiger partial charge in [0.1, 0.15) is 17.0 Å². The number of fused-ring (bicyclic) bond motifs is 1. The summed E-state index contributed by atoms with van der Waals surface area (Å²) < 4.78 is 0. The van der Waals surface area contributed by atoms with Crippen LogP contribution in [-0.2, 0) is 0 Å². The number of alkyl halides is 1. The van der Waals surface area contributed by atoms with Crippen LogP contribution in [0.25, 0.3) is 10.2 Å². The van der Waals surface area contributed by atoms with Gasteiger partial charge in [-0.1, -0.05) is 22.9 Å². The van der Waals surface area contributed by atoms with Crippen molar-refractivity contribution in [3.05, 3.63) is 17.3 Å². The average Bonchev–Trinajstić information content (AvgIpc) is 2.90. The van der Waals surface area contributed by atoms with Gasteiger partial charge in [-0.2, -0.15) is 0 Å². The van der Waals surface area contributed by atoms with Crippen LogP contribution in [0.5, 0.6) is 0 Å². The van der Waals surface area contributed by atoms with Crippen LogP contribution in [0.2, 0.25) is 0 Å². The van der Waals surface area contributed by atoms with Crippen LogP contribution in [0, 0.1) is 12.8 Å². The van der Waals surface area contributed by atoms with Crippen LogP contribution in [0.1, 0.15) is 18.2 Å². The molecule has 3 rings (SSSR count). The van der Waals surface area contributed by atoms with E-state index in [9.17, 15) is 0 Å². The van der Waals surface area contributed by atoms with Crippen molar-refractivity contribution >= 4 is 43.3 Å². The van der Waals surface area contributed by atoms with Crippen molar-refractivity contribution in [2.24, 2.45) is 5.92 Å². The first kappa shape index (κ1) is 12.4. The zero-order chi connectivity index (χ0) is 12.7. The van der Waals surface area contributed by atoms with Gasteiger partial charge in [-0.25, -0.2) is 9.97 Å². The van der Waals surface area contributed by atoms with Crippen molar-refractivity contribution in [3.63, 3.8) is 0 Å². The van der Waals surface area contributed by atoms with Gasteiger partial charge >= 0.3 is 0 Å². The van der Waals surface area contributed by atoms with Gasteiger partial charge in [-0.05, 0) is 25.3 Å². The molecule has 0 aliphatic carbocycles. The van der Waals surface area contributed by atoms with Gasteiger partial charge in [0.25, 0.3) is 0 Å². The lowest BCUT2D eigenvalue weighted by Crippen LogP contribution is -2.34. The molecule has 0 spiro atoms. The SMILES string of the molecule is Cc1cc2c(N3CCC(C)C3CBr)ncnc2s1. The number of nitrogens with zero attached hydrogens (tertiary/aromatic N) is 3. The fourth-order valence-corrected chi connectivity index (χ4v) is 4.53. The molecule has 0 radical (unpaired) electrons. The van der Waals surface area contributed by atoms with E-state index in [0.29, 0.717) is 12.0 Å². The predicted molar refractivity (Wildman–Crippen MR) is 80.9 cm³/mol. The zero-order valence-electron chi connectivity index (χ0n) is 10.6. The Hall–Kier alpha value is -0.680. The fourth-order valence-electron chi connectivity index (χ4n) is 2.70. The Morgan fingerprint density at radius 2 is 2.33 bits per heavy atom. The first-order valence-corrected chi connectivity index (χ1v) is 8.18. The van der Waals surface area contributed by atoms with Crippen molar-refractivity contribution in [1.82, 2.24) is 9.97 Å². The highest BCUT2D eigenvalue weighted by atomic mass is 79.9. The molecule has 2 aromatic heterocycles. The molecule has 5 heteroatoms. The molecule has 2 atom stereocenters.